The van der Waals surface area contributed by atoms with E-state index in [1.807, 2.05) is 36.5 Å². The molecular weight excluding hydrogens is 268 g/mol. The lowest BCUT2D eigenvalue weighted by Crippen LogP contribution is -2.09. The van der Waals surface area contributed by atoms with Crippen LogP contribution in [0.15, 0.2) is 24.3 Å². The second-order valence-corrected chi connectivity index (χ2v) is 6.35. The largest absolute Gasteiger partial charge is 0.492 e. The van der Waals surface area contributed by atoms with Crippen molar-refractivity contribution in [3.63, 3.8) is 0 Å². The van der Waals surface area contributed by atoms with Crippen LogP contribution in [-0.4, -0.2) is 6.61 Å². The number of hydrogen-bond donors (Lipinski definition) is 2. The van der Waals surface area contributed by atoms with E-state index in [9.17, 15) is 0 Å². The van der Waals surface area contributed by atoms with Crippen LogP contribution in [0.1, 0.15) is 35.2 Å². The Bertz CT molecular complexity index is 592. The van der Waals surface area contributed by atoms with E-state index in [2.05, 4.69) is 32.2 Å². The van der Waals surface area contributed by atoms with Crippen molar-refractivity contribution in [1.82, 2.24) is 0 Å². The van der Waals surface area contributed by atoms with E-state index in [1.54, 1.807) is 0 Å². The van der Waals surface area contributed by atoms with Crippen molar-refractivity contribution >= 4 is 22.7 Å². The van der Waals surface area contributed by atoms with Gasteiger partial charge < -0.3 is 15.8 Å². The maximum atomic E-state index is 6.15. The van der Waals surface area contributed by atoms with E-state index < -0.39 is 0 Å². The van der Waals surface area contributed by atoms with Gasteiger partial charge in [0.05, 0.1) is 18.0 Å². The van der Waals surface area contributed by atoms with Gasteiger partial charge in [0.15, 0.2) is 0 Å². The molecule has 1 unspecified atom stereocenters. The van der Waals surface area contributed by atoms with Gasteiger partial charge in [-0.15, -0.1) is 11.3 Å². The highest BCUT2D eigenvalue weighted by Gasteiger charge is 2.13. The maximum Gasteiger partial charge on any atom is 0.144 e. The van der Waals surface area contributed by atoms with Crippen molar-refractivity contribution in [1.29, 1.82) is 0 Å². The molecule has 108 valence electrons. The number of rotatable bonds is 5. The fourth-order valence-corrected chi connectivity index (χ4v) is 3.37. The highest BCUT2D eigenvalue weighted by molar-refractivity contribution is 7.12. The Morgan fingerprint density at radius 3 is 2.70 bits per heavy atom. The van der Waals surface area contributed by atoms with Crippen LogP contribution >= 0.6 is 11.3 Å². The number of para-hydroxylation sites is 1. The molecule has 0 radical (unpaired) electrons. The van der Waals surface area contributed by atoms with Crippen LogP contribution in [0.5, 0.6) is 5.75 Å². The van der Waals surface area contributed by atoms with E-state index in [-0.39, 0.29) is 6.04 Å². The molecule has 0 bridgehead atoms. The fraction of sp³-hybridized carbons (Fsp3) is 0.375. The van der Waals surface area contributed by atoms with Crippen molar-refractivity contribution in [2.45, 2.75) is 33.7 Å². The summed E-state index contributed by atoms with van der Waals surface area (Å²) in [6.07, 6.45) is 0. The number of benzene rings is 1. The van der Waals surface area contributed by atoms with E-state index in [4.69, 9.17) is 10.5 Å². The minimum atomic E-state index is 0.221. The Kier molecular flexibility index (Phi) is 4.55. The minimum absolute atomic E-state index is 0.221. The van der Waals surface area contributed by atoms with Gasteiger partial charge >= 0.3 is 0 Å². The van der Waals surface area contributed by atoms with Gasteiger partial charge in [0, 0.05) is 15.8 Å². The highest BCUT2D eigenvalue weighted by Crippen LogP contribution is 2.34. The number of nitrogens with two attached hydrogens (primary N) is 1. The Morgan fingerprint density at radius 1 is 1.35 bits per heavy atom. The zero-order valence-corrected chi connectivity index (χ0v) is 13.3. The lowest BCUT2D eigenvalue weighted by atomic mass is 10.1. The molecule has 2 aromatic rings. The molecule has 0 aliphatic carbocycles. The van der Waals surface area contributed by atoms with E-state index >= 15 is 0 Å². The van der Waals surface area contributed by atoms with Crippen LogP contribution in [0.4, 0.5) is 11.4 Å². The molecule has 1 heterocycles. The number of hydrogen-bond acceptors (Lipinski definition) is 4. The lowest BCUT2D eigenvalue weighted by molar-refractivity contribution is 0.342. The Hall–Kier alpha value is -1.68. The van der Waals surface area contributed by atoms with E-state index in [1.165, 1.54) is 15.3 Å². The average molecular weight is 290 g/mol. The number of nitrogen functional groups attached to an aromatic ring is 1. The number of ether oxygens (including phenoxy) is 1. The van der Waals surface area contributed by atoms with Crippen LogP contribution in [-0.2, 0) is 0 Å². The summed E-state index contributed by atoms with van der Waals surface area (Å²) in [7, 11) is 0. The van der Waals surface area contributed by atoms with Gasteiger partial charge in [0.2, 0.25) is 0 Å². The molecule has 0 aliphatic heterocycles. The highest BCUT2D eigenvalue weighted by atomic mass is 32.1. The first-order valence-electron chi connectivity index (χ1n) is 6.87. The molecule has 1 atom stereocenters. The fourth-order valence-electron chi connectivity index (χ4n) is 2.34. The zero-order valence-electron chi connectivity index (χ0n) is 12.5. The normalized spacial score (nSPS) is 12.2. The van der Waals surface area contributed by atoms with Crippen LogP contribution in [0.2, 0.25) is 0 Å². The molecule has 4 heteroatoms. The van der Waals surface area contributed by atoms with Gasteiger partial charge in [0.25, 0.3) is 0 Å². The quantitative estimate of drug-likeness (QED) is 0.796. The molecule has 1 aromatic heterocycles. The van der Waals surface area contributed by atoms with Crippen molar-refractivity contribution in [2.75, 3.05) is 17.7 Å². The molecule has 0 spiro atoms. The molecule has 1 aromatic carbocycles. The summed E-state index contributed by atoms with van der Waals surface area (Å²) in [4.78, 5) is 2.68. The number of nitrogens with one attached hydrogen (secondary N) is 1. The van der Waals surface area contributed by atoms with Gasteiger partial charge in [-0.25, -0.2) is 0 Å². The third kappa shape index (κ3) is 3.07. The SMILES string of the molecule is CCOc1cccc(NC(C)c2cc(C)sc2C)c1N. The molecule has 2 rings (SSSR count). The first-order chi connectivity index (χ1) is 9.52. The van der Waals surface area contributed by atoms with Gasteiger partial charge in [-0.2, -0.15) is 0 Å². The molecular formula is C16H22N2OS. The van der Waals surface area contributed by atoms with Crippen molar-refractivity contribution in [3.8, 4) is 5.75 Å². The molecule has 0 aliphatic rings. The van der Waals surface area contributed by atoms with E-state index in [0.717, 1.165) is 11.4 Å². The van der Waals surface area contributed by atoms with Crippen molar-refractivity contribution in [2.24, 2.45) is 0 Å². The molecule has 0 saturated heterocycles. The Balaban J connectivity index is 2.21. The molecule has 0 fully saturated rings. The average Bonchev–Trinajstić information content (AvgIpc) is 2.73. The number of anilines is 2. The zero-order chi connectivity index (χ0) is 14.7. The Labute approximate surface area is 124 Å². The number of aryl methyl sites for hydroxylation is 2. The predicted molar refractivity (Wildman–Crippen MR) is 87.9 cm³/mol. The topological polar surface area (TPSA) is 47.3 Å². The van der Waals surface area contributed by atoms with E-state index in [0.29, 0.717) is 12.3 Å². The summed E-state index contributed by atoms with van der Waals surface area (Å²) in [5, 5.41) is 3.48. The lowest BCUT2D eigenvalue weighted by Gasteiger charge is -2.18. The minimum Gasteiger partial charge on any atom is -0.492 e. The third-order valence-electron chi connectivity index (χ3n) is 3.28. The summed E-state index contributed by atoms with van der Waals surface area (Å²) in [5.74, 6) is 0.739. The first kappa shape index (κ1) is 14.7. The molecule has 3 nitrogen and oxygen atoms in total. The second kappa shape index (κ2) is 6.18. The van der Waals surface area contributed by atoms with Gasteiger partial charge in [-0.3, -0.25) is 0 Å². The third-order valence-corrected chi connectivity index (χ3v) is 4.27. The van der Waals surface area contributed by atoms with Crippen LogP contribution < -0.4 is 15.8 Å². The van der Waals surface area contributed by atoms with Crippen LogP contribution in [0.3, 0.4) is 0 Å². The summed E-state index contributed by atoms with van der Waals surface area (Å²) >= 11 is 1.83. The number of thiophene rings is 1. The standard InChI is InChI=1S/C16H22N2OS/c1-5-19-15-8-6-7-14(16(15)17)18-11(3)13-9-10(2)20-12(13)4/h6-9,11,18H,5,17H2,1-4H3. The monoisotopic (exact) mass is 290 g/mol. The summed E-state index contributed by atoms with van der Waals surface area (Å²) < 4.78 is 5.53. The Morgan fingerprint density at radius 2 is 2.10 bits per heavy atom. The summed E-state index contributed by atoms with van der Waals surface area (Å²) in [6.45, 7) is 9.02. The van der Waals surface area contributed by atoms with Crippen LogP contribution in [0, 0.1) is 13.8 Å². The summed E-state index contributed by atoms with van der Waals surface area (Å²) in [6, 6.07) is 8.30. The summed E-state index contributed by atoms with van der Waals surface area (Å²) in [5.41, 5.74) is 9.08. The second-order valence-electron chi connectivity index (χ2n) is 4.89. The van der Waals surface area contributed by atoms with Crippen molar-refractivity contribution in [3.05, 3.63) is 39.6 Å². The molecule has 0 amide bonds. The van der Waals surface area contributed by atoms with Gasteiger partial charge in [0.1, 0.15) is 5.75 Å². The maximum absolute atomic E-state index is 6.15. The predicted octanol–water partition coefficient (Wildman–Crippen LogP) is 4.52. The first-order valence-corrected chi connectivity index (χ1v) is 7.69. The molecule has 0 saturated carbocycles. The van der Waals surface area contributed by atoms with Gasteiger partial charge in [-0.05, 0) is 51.5 Å². The van der Waals surface area contributed by atoms with Crippen molar-refractivity contribution < 1.29 is 4.74 Å². The molecule has 20 heavy (non-hydrogen) atoms. The molecule has 3 N–H and O–H groups in total. The van der Waals surface area contributed by atoms with Gasteiger partial charge in [-0.1, -0.05) is 6.07 Å². The smallest absolute Gasteiger partial charge is 0.144 e. The van der Waals surface area contributed by atoms with Crippen LogP contribution in [0.25, 0.3) is 0 Å².